The van der Waals surface area contributed by atoms with Crippen LogP contribution in [-0.4, -0.2) is 39.1 Å². The highest BCUT2D eigenvalue weighted by Gasteiger charge is 2.20. The highest BCUT2D eigenvalue weighted by Crippen LogP contribution is 2.34. The molecule has 0 saturated heterocycles. The van der Waals surface area contributed by atoms with Crippen molar-refractivity contribution in [1.82, 2.24) is 24.9 Å². The van der Waals surface area contributed by atoms with Gasteiger partial charge in [-0.1, -0.05) is 42.9 Å². The van der Waals surface area contributed by atoms with Gasteiger partial charge in [-0.05, 0) is 42.3 Å². The first-order valence-corrected chi connectivity index (χ1v) is 11.2. The average molecular weight is 452 g/mol. The van der Waals surface area contributed by atoms with Crippen molar-refractivity contribution in [3.8, 4) is 28.6 Å². The van der Waals surface area contributed by atoms with Gasteiger partial charge in [0, 0.05) is 6.42 Å². The summed E-state index contributed by atoms with van der Waals surface area (Å²) in [5.74, 6) is 4.43. The Hall–Kier alpha value is -3.33. The molecule has 0 aliphatic carbocycles. The smallest absolute Gasteiger partial charge is 0.237 e. The molecule has 4 aromatic rings. The van der Waals surface area contributed by atoms with Crippen molar-refractivity contribution in [2.75, 3.05) is 14.2 Å². The molecule has 2 heterocycles. The van der Waals surface area contributed by atoms with Gasteiger partial charge < -0.3 is 14.0 Å². The zero-order valence-corrected chi connectivity index (χ0v) is 19.3. The maximum absolute atomic E-state index is 5.56. The minimum Gasteiger partial charge on any atom is -0.497 e. The number of para-hydroxylation sites is 1. The Morgan fingerprint density at radius 2 is 1.78 bits per heavy atom. The standard InChI is InChI=1S/C23H25N5O3S/c1-15(2)13-20-24-21(31-27-20)14-32-23-26-25-22(18-7-5-6-8-19(18)30-4)28(23)16-9-11-17(29-3)12-10-16/h5-12,15H,13-14H2,1-4H3. The van der Waals surface area contributed by atoms with Gasteiger partial charge in [0.05, 0.1) is 31.2 Å². The predicted molar refractivity (Wildman–Crippen MR) is 122 cm³/mol. The van der Waals surface area contributed by atoms with E-state index in [9.17, 15) is 0 Å². The Morgan fingerprint density at radius 3 is 2.50 bits per heavy atom. The van der Waals surface area contributed by atoms with Crippen LogP contribution in [-0.2, 0) is 12.2 Å². The topological polar surface area (TPSA) is 88.1 Å². The molecule has 2 aromatic carbocycles. The molecule has 2 aromatic heterocycles. The lowest BCUT2D eigenvalue weighted by atomic mass is 10.1. The quantitative estimate of drug-likeness (QED) is 0.335. The summed E-state index contributed by atoms with van der Waals surface area (Å²) in [4.78, 5) is 4.49. The summed E-state index contributed by atoms with van der Waals surface area (Å²) in [7, 11) is 3.29. The third kappa shape index (κ3) is 4.77. The zero-order chi connectivity index (χ0) is 22.5. The molecule has 0 spiro atoms. The van der Waals surface area contributed by atoms with Gasteiger partial charge in [-0.15, -0.1) is 10.2 Å². The maximum Gasteiger partial charge on any atom is 0.237 e. The molecular weight excluding hydrogens is 426 g/mol. The molecule has 0 saturated carbocycles. The number of hydrogen-bond donors (Lipinski definition) is 0. The van der Waals surface area contributed by atoms with Crippen LogP contribution < -0.4 is 9.47 Å². The summed E-state index contributed by atoms with van der Waals surface area (Å²) in [5, 5.41) is 13.7. The number of ether oxygens (including phenoxy) is 2. The van der Waals surface area contributed by atoms with Crippen molar-refractivity contribution in [2.45, 2.75) is 31.2 Å². The van der Waals surface area contributed by atoms with Crippen molar-refractivity contribution < 1.29 is 14.0 Å². The fraction of sp³-hybridized carbons (Fsp3) is 0.304. The second kappa shape index (κ2) is 9.86. The highest BCUT2D eigenvalue weighted by molar-refractivity contribution is 7.98. The molecule has 8 nitrogen and oxygen atoms in total. The molecule has 0 aliphatic rings. The molecule has 0 amide bonds. The van der Waals surface area contributed by atoms with Crippen LogP contribution in [0.3, 0.4) is 0 Å². The van der Waals surface area contributed by atoms with Crippen LogP contribution in [0, 0.1) is 5.92 Å². The van der Waals surface area contributed by atoms with Crippen LogP contribution in [0.25, 0.3) is 17.1 Å². The molecule has 0 aliphatic heterocycles. The summed E-state index contributed by atoms with van der Waals surface area (Å²) in [5.41, 5.74) is 1.76. The number of nitrogens with zero attached hydrogens (tertiary/aromatic N) is 5. The van der Waals surface area contributed by atoms with E-state index in [0.29, 0.717) is 28.5 Å². The van der Waals surface area contributed by atoms with E-state index in [4.69, 9.17) is 14.0 Å². The largest absolute Gasteiger partial charge is 0.497 e. The molecule has 0 N–H and O–H groups in total. The van der Waals surface area contributed by atoms with Gasteiger partial charge >= 0.3 is 0 Å². The molecule has 0 radical (unpaired) electrons. The van der Waals surface area contributed by atoms with Gasteiger partial charge in [-0.2, -0.15) is 4.98 Å². The molecule has 4 rings (SSSR count). The number of thioether (sulfide) groups is 1. The van der Waals surface area contributed by atoms with Gasteiger partial charge in [0.2, 0.25) is 5.89 Å². The number of rotatable bonds is 9. The van der Waals surface area contributed by atoms with Crippen LogP contribution >= 0.6 is 11.8 Å². The molecule has 0 unspecified atom stereocenters. The Kier molecular flexibility index (Phi) is 6.75. The fourth-order valence-corrected chi connectivity index (χ4v) is 4.04. The first-order chi connectivity index (χ1) is 15.6. The van der Waals surface area contributed by atoms with Crippen molar-refractivity contribution in [3.63, 3.8) is 0 Å². The Labute approximate surface area is 191 Å². The van der Waals surface area contributed by atoms with Crippen LogP contribution in [0.1, 0.15) is 25.6 Å². The zero-order valence-electron chi connectivity index (χ0n) is 18.5. The van der Waals surface area contributed by atoms with Crippen LogP contribution in [0.5, 0.6) is 11.5 Å². The highest BCUT2D eigenvalue weighted by atomic mass is 32.2. The lowest BCUT2D eigenvalue weighted by Gasteiger charge is -2.12. The molecule has 0 bridgehead atoms. The second-order valence-electron chi connectivity index (χ2n) is 7.53. The van der Waals surface area contributed by atoms with E-state index in [2.05, 4.69) is 34.2 Å². The predicted octanol–water partition coefficient (Wildman–Crippen LogP) is 4.83. The summed E-state index contributed by atoms with van der Waals surface area (Å²) in [6.45, 7) is 4.25. The Bertz CT molecular complexity index is 1170. The van der Waals surface area contributed by atoms with Crippen molar-refractivity contribution in [2.24, 2.45) is 5.92 Å². The van der Waals surface area contributed by atoms with Gasteiger partial charge in [0.15, 0.2) is 16.8 Å². The summed E-state index contributed by atoms with van der Waals surface area (Å²) in [6.07, 6.45) is 0.786. The number of benzene rings is 2. The van der Waals surface area contributed by atoms with Crippen molar-refractivity contribution in [3.05, 3.63) is 60.2 Å². The van der Waals surface area contributed by atoms with Crippen molar-refractivity contribution in [1.29, 1.82) is 0 Å². The van der Waals surface area contributed by atoms with E-state index in [0.717, 1.165) is 35.0 Å². The Morgan fingerprint density at radius 1 is 1.00 bits per heavy atom. The van der Waals surface area contributed by atoms with Gasteiger partial charge in [0.1, 0.15) is 11.5 Å². The van der Waals surface area contributed by atoms with Gasteiger partial charge in [-0.3, -0.25) is 4.57 Å². The van der Waals surface area contributed by atoms with Crippen LogP contribution in [0.15, 0.2) is 58.2 Å². The normalized spacial score (nSPS) is 11.2. The van der Waals surface area contributed by atoms with Gasteiger partial charge in [0.25, 0.3) is 0 Å². The lowest BCUT2D eigenvalue weighted by molar-refractivity contribution is 0.382. The van der Waals surface area contributed by atoms with Crippen LogP contribution in [0.4, 0.5) is 0 Å². The molecule has 0 fully saturated rings. The van der Waals surface area contributed by atoms with E-state index in [1.54, 1.807) is 14.2 Å². The first kappa shape index (κ1) is 21.9. The minimum absolute atomic E-state index is 0.467. The maximum atomic E-state index is 5.56. The van der Waals surface area contributed by atoms with E-state index in [-0.39, 0.29) is 0 Å². The monoisotopic (exact) mass is 451 g/mol. The third-order valence-corrected chi connectivity index (χ3v) is 5.65. The minimum atomic E-state index is 0.467. The summed E-state index contributed by atoms with van der Waals surface area (Å²) < 4.78 is 18.3. The molecular formula is C23H25N5O3S. The SMILES string of the molecule is COc1ccc(-n2c(SCc3nc(CC(C)C)no3)nnc2-c2ccccc2OC)cc1. The molecule has 32 heavy (non-hydrogen) atoms. The third-order valence-electron chi connectivity index (χ3n) is 4.74. The molecule has 9 heteroatoms. The fourth-order valence-electron chi connectivity index (χ4n) is 3.25. The average Bonchev–Trinajstić information content (AvgIpc) is 3.44. The van der Waals surface area contributed by atoms with E-state index in [1.807, 2.05) is 53.1 Å². The number of aromatic nitrogens is 5. The molecule has 0 atom stereocenters. The molecule has 166 valence electrons. The number of methoxy groups -OCH3 is 2. The first-order valence-electron chi connectivity index (χ1n) is 10.3. The van der Waals surface area contributed by atoms with E-state index < -0.39 is 0 Å². The van der Waals surface area contributed by atoms with E-state index in [1.165, 1.54) is 11.8 Å². The summed E-state index contributed by atoms with van der Waals surface area (Å²) in [6, 6.07) is 15.5. The number of hydrogen-bond acceptors (Lipinski definition) is 8. The lowest BCUT2D eigenvalue weighted by Crippen LogP contribution is -2.01. The van der Waals surface area contributed by atoms with Crippen molar-refractivity contribution >= 4 is 11.8 Å². The summed E-state index contributed by atoms with van der Waals surface area (Å²) >= 11 is 1.49. The second-order valence-corrected chi connectivity index (χ2v) is 8.47. The Balaban J connectivity index is 1.69. The van der Waals surface area contributed by atoms with E-state index >= 15 is 0 Å². The van der Waals surface area contributed by atoms with Gasteiger partial charge in [-0.25, -0.2) is 0 Å². The van der Waals surface area contributed by atoms with Crippen LogP contribution in [0.2, 0.25) is 0 Å².